The molecule has 4 aromatic rings. The SMILES string of the molecule is CC.NOOSc1cc(C(=O)O)c(NCc2ccco2)cc1Cl.NOOSc1cc(C=O)c(NCc2ccco2)cc1Cl. The number of aromatic carboxylic acids is 1. The Morgan fingerprint density at radius 2 is 1.37 bits per heavy atom. The molecule has 0 bridgehead atoms. The van der Waals surface area contributed by atoms with Crippen LogP contribution in [0.4, 0.5) is 11.4 Å². The Morgan fingerprint density at radius 3 is 1.81 bits per heavy atom. The largest absolute Gasteiger partial charge is 0.478 e. The van der Waals surface area contributed by atoms with Crippen LogP contribution in [-0.4, -0.2) is 17.4 Å². The standard InChI is InChI=1S/C12H11ClN2O5S.C12H11ClN2O4S.C2H6/c13-9-5-10(15-6-7-2-1-3-18-7)8(12(16)17)4-11(9)21-20-19-14;13-10-5-11(15-6-9-2-1-3-17-9)8(7-16)4-12(10)20-19-18-14;1-2/h1-5,15H,6,14H2,(H,16,17);1-5,7,15H,6,14H2;1-2H3. The van der Waals surface area contributed by atoms with Crippen molar-refractivity contribution in [3.05, 3.63) is 93.7 Å². The van der Waals surface area contributed by atoms with Gasteiger partial charge in [0.2, 0.25) is 0 Å². The molecule has 0 spiro atoms. The molecule has 0 aliphatic rings. The van der Waals surface area contributed by atoms with Crippen molar-refractivity contribution in [2.24, 2.45) is 11.8 Å². The molecule has 0 unspecified atom stereocenters. The van der Waals surface area contributed by atoms with E-state index in [0.717, 1.165) is 17.8 Å². The van der Waals surface area contributed by atoms with E-state index in [4.69, 9.17) is 43.8 Å². The zero-order valence-corrected chi connectivity index (χ0v) is 25.9. The van der Waals surface area contributed by atoms with E-state index in [1.54, 1.807) is 36.6 Å². The maximum atomic E-state index is 11.3. The third-order valence-corrected chi connectivity index (χ3v) is 7.10. The molecule has 17 heteroatoms. The number of rotatable bonds is 14. The lowest BCUT2D eigenvalue weighted by Crippen LogP contribution is -2.06. The van der Waals surface area contributed by atoms with Crippen LogP contribution in [0.25, 0.3) is 0 Å². The monoisotopic (exact) mass is 674 g/mol. The summed E-state index contributed by atoms with van der Waals surface area (Å²) in [4.78, 5) is 31.2. The Bertz CT molecular complexity index is 1410. The molecule has 2 aromatic heterocycles. The van der Waals surface area contributed by atoms with Gasteiger partial charge in [0.15, 0.2) is 6.29 Å². The van der Waals surface area contributed by atoms with Gasteiger partial charge in [0.1, 0.15) is 11.5 Å². The summed E-state index contributed by atoms with van der Waals surface area (Å²) in [5, 5.41) is 16.0. The van der Waals surface area contributed by atoms with E-state index < -0.39 is 5.97 Å². The summed E-state index contributed by atoms with van der Waals surface area (Å²) in [6, 6.07) is 13.2. The van der Waals surface area contributed by atoms with Crippen LogP contribution in [0.1, 0.15) is 46.1 Å². The van der Waals surface area contributed by atoms with Crippen molar-refractivity contribution in [2.45, 2.75) is 36.7 Å². The van der Waals surface area contributed by atoms with Gasteiger partial charge in [-0.2, -0.15) is 11.8 Å². The normalized spacial score (nSPS) is 10.2. The third-order valence-electron chi connectivity index (χ3n) is 4.93. The first-order valence-electron chi connectivity index (χ1n) is 12.1. The van der Waals surface area contributed by atoms with Gasteiger partial charge in [-0.15, -0.1) is 18.6 Å². The highest BCUT2D eigenvalue weighted by molar-refractivity contribution is 7.95. The molecule has 0 saturated carbocycles. The van der Waals surface area contributed by atoms with Crippen molar-refractivity contribution >= 4 is 70.9 Å². The number of carboxylic acid groups (broad SMARTS) is 1. The molecule has 7 N–H and O–H groups in total. The van der Waals surface area contributed by atoms with Crippen molar-refractivity contribution < 1.29 is 42.2 Å². The molecular formula is C26H28Cl2N4O9S2. The molecule has 0 amide bonds. The Balaban J connectivity index is 0.000000284. The Kier molecular flexibility index (Phi) is 16.6. The fourth-order valence-corrected chi connectivity index (χ4v) is 4.49. The Labute approximate surface area is 265 Å². The first-order valence-corrected chi connectivity index (χ1v) is 14.4. The molecular weight excluding hydrogens is 647 g/mol. The fourth-order valence-electron chi connectivity index (χ4n) is 3.13. The summed E-state index contributed by atoms with van der Waals surface area (Å²) in [6.07, 6.45) is 3.83. The smallest absolute Gasteiger partial charge is 0.337 e. The molecule has 2 aromatic carbocycles. The highest BCUT2D eigenvalue weighted by atomic mass is 35.5. The van der Waals surface area contributed by atoms with E-state index in [9.17, 15) is 14.7 Å². The highest BCUT2D eigenvalue weighted by Gasteiger charge is 2.16. The number of anilines is 2. The van der Waals surface area contributed by atoms with Crippen LogP contribution in [0.2, 0.25) is 10.0 Å². The molecule has 0 atom stereocenters. The van der Waals surface area contributed by atoms with E-state index in [-0.39, 0.29) is 5.56 Å². The topological polar surface area (TPSA) is 194 Å². The predicted octanol–water partition coefficient (Wildman–Crippen LogP) is 7.29. The van der Waals surface area contributed by atoms with Gasteiger partial charge >= 0.3 is 5.97 Å². The molecule has 0 fully saturated rings. The Hall–Kier alpha value is -3.22. The van der Waals surface area contributed by atoms with Gasteiger partial charge in [-0.1, -0.05) is 37.0 Å². The van der Waals surface area contributed by atoms with E-state index in [1.165, 1.54) is 18.4 Å². The van der Waals surface area contributed by atoms with Crippen LogP contribution < -0.4 is 22.4 Å². The minimum atomic E-state index is -1.11. The third kappa shape index (κ3) is 11.8. The summed E-state index contributed by atoms with van der Waals surface area (Å²) in [5.74, 6) is 9.79. The minimum Gasteiger partial charge on any atom is -0.478 e. The number of carboxylic acids is 1. The summed E-state index contributed by atoms with van der Waals surface area (Å²) in [5.41, 5.74) is 1.43. The van der Waals surface area contributed by atoms with Crippen molar-refractivity contribution in [1.29, 1.82) is 0 Å². The van der Waals surface area contributed by atoms with E-state index in [1.807, 2.05) is 19.9 Å². The van der Waals surface area contributed by atoms with Gasteiger partial charge in [-0.05, 0) is 48.5 Å². The maximum absolute atomic E-state index is 11.3. The predicted molar refractivity (Wildman–Crippen MR) is 163 cm³/mol. The maximum Gasteiger partial charge on any atom is 0.337 e. The average Bonchev–Trinajstić information content (AvgIpc) is 3.74. The van der Waals surface area contributed by atoms with Crippen LogP contribution in [0.5, 0.6) is 0 Å². The summed E-state index contributed by atoms with van der Waals surface area (Å²) < 4.78 is 19.4. The summed E-state index contributed by atoms with van der Waals surface area (Å²) in [6.45, 7) is 4.78. The fraction of sp³-hybridized carbons (Fsp3) is 0.154. The highest BCUT2D eigenvalue weighted by Crippen LogP contribution is 2.34. The van der Waals surface area contributed by atoms with Crippen LogP contribution in [0.15, 0.2) is 79.7 Å². The van der Waals surface area contributed by atoms with Gasteiger partial charge < -0.3 is 24.6 Å². The number of aldehydes is 1. The van der Waals surface area contributed by atoms with Crippen LogP contribution in [0.3, 0.4) is 0 Å². The van der Waals surface area contributed by atoms with Gasteiger partial charge in [-0.25, -0.2) is 4.79 Å². The molecule has 0 saturated heterocycles. The number of benzene rings is 2. The molecule has 0 aliphatic carbocycles. The van der Waals surface area contributed by atoms with Crippen molar-refractivity contribution in [3.8, 4) is 0 Å². The van der Waals surface area contributed by atoms with Gasteiger partial charge in [0.05, 0.1) is 80.8 Å². The molecule has 232 valence electrons. The average molecular weight is 676 g/mol. The number of carbonyl (C=O) groups is 2. The molecule has 13 nitrogen and oxygen atoms in total. The number of furan rings is 2. The summed E-state index contributed by atoms with van der Waals surface area (Å²) >= 11 is 13.7. The number of hydrogen-bond acceptors (Lipinski definition) is 14. The van der Waals surface area contributed by atoms with E-state index in [0.29, 0.717) is 74.0 Å². The zero-order chi connectivity index (χ0) is 31.6. The minimum absolute atomic E-state index is 0.0362. The van der Waals surface area contributed by atoms with E-state index in [2.05, 4.69) is 29.3 Å². The number of nitrogens with one attached hydrogen (secondary N) is 2. The zero-order valence-electron chi connectivity index (χ0n) is 22.7. The molecule has 0 radical (unpaired) electrons. The van der Waals surface area contributed by atoms with Gasteiger partial charge in [0.25, 0.3) is 0 Å². The number of hydrogen-bond donors (Lipinski definition) is 5. The molecule has 4 rings (SSSR count). The first-order chi connectivity index (χ1) is 20.9. The second-order valence-electron chi connectivity index (χ2n) is 7.48. The van der Waals surface area contributed by atoms with Gasteiger partial charge in [0, 0.05) is 11.3 Å². The van der Waals surface area contributed by atoms with Crippen molar-refractivity contribution in [2.75, 3.05) is 10.6 Å². The number of halogens is 2. The number of nitrogens with two attached hydrogens (primary N) is 2. The quantitative estimate of drug-likeness (QED) is 0.0387. The second-order valence-corrected chi connectivity index (χ2v) is 9.78. The Morgan fingerprint density at radius 1 is 0.884 bits per heavy atom. The van der Waals surface area contributed by atoms with Gasteiger partial charge in [-0.3, -0.25) is 4.79 Å². The van der Waals surface area contributed by atoms with Crippen molar-refractivity contribution in [3.63, 3.8) is 0 Å². The lowest BCUT2D eigenvalue weighted by atomic mass is 10.1. The van der Waals surface area contributed by atoms with Crippen LogP contribution in [-0.2, 0) is 31.7 Å². The molecule has 2 heterocycles. The first kappa shape index (κ1) is 36.0. The van der Waals surface area contributed by atoms with E-state index >= 15 is 0 Å². The van der Waals surface area contributed by atoms with Crippen molar-refractivity contribution in [1.82, 2.24) is 0 Å². The number of carbonyl (C=O) groups excluding carboxylic acids is 1. The van der Waals surface area contributed by atoms with Crippen LogP contribution >= 0.6 is 47.3 Å². The second kappa shape index (κ2) is 19.9. The lowest BCUT2D eigenvalue weighted by molar-refractivity contribution is -0.195. The summed E-state index contributed by atoms with van der Waals surface area (Å²) in [7, 11) is 0. The van der Waals surface area contributed by atoms with Crippen LogP contribution in [0, 0.1) is 0 Å². The molecule has 43 heavy (non-hydrogen) atoms. The lowest BCUT2D eigenvalue weighted by Gasteiger charge is -2.11. The molecule has 0 aliphatic heterocycles.